The van der Waals surface area contributed by atoms with Crippen molar-refractivity contribution in [3.63, 3.8) is 0 Å². The fraction of sp³-hybridized carbons (Fsp3) is 0.433. The first kappa shape index (κ1) is 28.9. The maximum absolute atomic E-state index is 13.4. The van der Waals surface area contributed by atoms with Crippen molar-refractivity contribution in [1.29, 1.82) is 0 Å². The van der Waals surface area contributed by atoms with Crippen LogP contribution in [0, 0.1) is 34.6 Å². The first-order valence-corrected chi connectivity index (χ1v) is 14.6. The van der Waals surface area contributed by atoms with Gasteiger partial charge >= 0.3 is 0 Å². The number of aromatic nitrogens is 1. The first-order chi connectivity index (χ1) is 18.5. The fourth-order valence-electron chi connectivity index (χ4n) is 5.28. The van der Waals surface area contributed by atoms with Crippen LogP contribution in [0.15, 0.2) is 47.5 Å². The molecular weight excluding hydrogens is 514 g/mol. The Labute approximate surface area is 232 Å². The Hall–Kier alpha value is -3.14. The van der Waals surface area contributed by atoms with Gasteiger partial charge in [-0.15, -0.1) is 0 Å². The molecular formula is C30H39N3O5S. The number of carbonyl (C=O) groups is 1. The summed E-state index contributed by atoms with van der Waals surface area (Å²) < 4.78 is 41.4. The molecule has 0 saturated heterocycles. The Morgan fingerprint density at radius 3 is 2.44 bits per heavy atom. The van der Waals surface area contributed by atoms with Crippen LogP contribution in [0.25, 0.3) is 0 Å². The lowest BCUT2D eigenvalue weighted by molar-refractivity contribution is -0.138. The summed E-state index contributed by atoms with van der Waals surface area (Å²) >= 11 is 0. The van der Waals surface area contributed by atoms with E-state index in [0.717, 1.165) is 23.4 Å². The number of rotatable bonds is 9. The standard InChI is InChI=1S/C30H39N3O5S/c1-20-10-11-25(17-21(20)2)29-26-9-8-12-32(26)13-14-33(29)28(34)19-38-16-15-31(6)39(35,36)30-22(3)18-27(37-7)23(4)24(30)5/h8-12,17-18,29H,13-16,19H2,1-7H3. The molecule has 1 aliphatic heterocycles. The summed E-state index contributed by atoms with van der Waals surface area (Å²) in [5.74, 6) is 0.547. The van der Waals surface area contributed by atoms with Crippen LogP contribution in [-0.2, 0) is 26.1 Å². The van der Waals surface area contributed by atoms with Gasteiger partial charge < -0.3 is 18.9 Å². The number of ether oxygens (including phenoxy) is 2. The van der Waals surface area contributed by atoms with E-state index in [1.807, 2.05) is 24.1 Å². The Bertz CT molecular complexity index is 1480. The number of likely N-dealkylation sites (N-methyl/N-ethyl adjacent to an activating group) is 1. The molecule has 0 fully saturated rings. The molecule has 0 spiro atoms. The van der Waals surface area contributed by atoms with E-state index in [4.69, 9.17) is 9.47 Å². The van der Waals surface area contributed by atoms with Gasteiger partial charge in [0.05, 0.1) is 24.7 Å². The van der Waals surface area contributed by atoms with Crippen molar-refractivity contribution in [2.75, 3.05) is 40.5 Å². The fourth-order valence-corrected chi connectivity index (χ4v) is 6.91. The normalized spacial score (nSPS) is 15.5. The lowest BCUT2D eigenvalue weighted by Gasteiger charge is -2.37. The van der Waals surface area contributed by atoms with Crippen molar-refractivity contribution in [2.45, 2.75) is 52.1 Å². The van der Waals surface area contributed by atoms with Crippen molar-refractivity contribution < 1.29 is 22.7 Å². The molecule has 1 aliphatic rings. The van der Waals surface area contributed by atoms with Crippen LogP contribution >= 0.6 is 0 Å². The van der Waals surface area contributed by atoms with Gasteiger partial charge in [0.25, 0.3) is 0 Å². The average molecular weight is 554 g/mol. The molecule has 210 valence electrons. The van der Waals surface area contributed by atoms with Crippen LogP contribution in [0.5, 0.6) is 5.75 Å². The zero-order valence-electron chi connectivity index (χ0n) is 23.9. The van der Waals surface area contributed by atoms with Crippen molar-refractivity contribution in [3.8, 4) is 5.75 Å². The lowest BCUT2D eigenvalue weighted by Crippen LogP contribution is -2.44. The van der Waals surface area contributed by atoms with Crippen molar-refractivity contribution in [2.24, 2.45) is 0 Å². The maximum Gasteiger partial charge on any atom is 0.249 e. The van der Waals surface area contributed by atoms with Gasteiger partial charge in [-0.3, -0.25) is 4.79 Å². The molecule has 1 aromatic heterocycles. The second-order valence-corrected chi connectivity index (χ2v) is 12.3. The molecule has 2 aromatic carbocycles. The minimum absolute atomic E-state index is 0.104. The second kappa shape index (κ2) is 11.5. The van der Waals surface area contributed by atoms with Gasteiger partial charge in [0, 0.05) is 38.6 Å². The van der Waals surface area contributed by atoms with E-state index >= 15 is 0 Å². The summed E-state index contributed by atoms with van der Waals surface area (Å²) in [6, 6.07) is 11.9. The lowest BCUT2D eigenvalue weighted by atomic mass is 9.96. The number of carbonyl (C=O) groups excluding carboxylic acids is 1. The number of amides is 1. The van der Waals surface area contributed by atoms with Gasteiger partial charge in [0.15, 0.2) is 0 Å². The van der Waals surface area contributed by atoms with Gasteiger partial charge in [-0.05, 0) is 86.2 Å². The molecule has 1 unspecified atom stereocenters. The van der Waals surface area contributed by atoms with Gasteiger partial charge in [-0.25, -0.2) is 8.42 Å². The third kappa shape index (κ3) is 5.62. The summed E-state index contributed by atoms with van der Waals surface area (Å²) in [6.07, 6.45) is 2.05. The quantitative estimate of drug-likeness (QED) is 0.369. The number of hydrogen-bond donors (Lipinski definition) is 0. The number of hydrogen-bond acceptors (Lipinski definition) is 5. The predicted octanol–water partition coefficient (Wildman–Crippen LogP) is 4.31. The SMILES string of the molecule is COc1cc(C)c(S(=O)(=O)N(C)CCOCC(=O)N2CCn3cccc3C2c2ccc(C)c(C)c2)c(C)c1C. The maximum atomic E-state index is 13.4. The third-order valence-electron chi connectivity index (χ3n) is 7.85. The highest BCUT2D eigenvalue weighted by Crippen LogP contribution is 2.34. The number of sulfonamides is 1. The summed E-state index contributed by atoms with van der Waals surface area (Å²) in [4.78, 5) is 15.5. The molecule has 2 heterocycles. The van der Waals surface area contributed by atoms with Crippen molar-refractivity contribution in [3.05, 3.63) is 81.7 Å². The Balaban J connectivity index is 1.42. The molecule has 8 nitrogen and oxygen atoms in total. The van der Waals surface area contributed by atoms with Crippen LogP contribution in [0.3, 0.4) is 0 Å². The molecule has 4 rings (SSSR count). The highest BCUT2D eigenvalue weighted by molar-refractivity contribution is 7.89. The molecule has 0 N–H and O–H groups in total. The highest BCUT2D eigenvalue weighted by atomic mass is 32.2. The molecule has 0 bridgehead atoms. The smallest absolute Gasteiger partial charge is 0.249 e. The summed E-state index contributed by atoms with van der Waals surface area (Å²) in [5.41, 5.74) is 6.62. The van der Waals surface area contributed by atoms with Crippen LogP contribution in [0.2, 0.25) is 0 Å². The van der Waals surface area contributed by atoms with Crippen LogP contribution in [-0.4, -0.2) is 68.6 Å². The highest BCUT2D eigenvalue weighted by Gasteiger charge is 2.32. The van der Waals surface area contributed by atoms with E-state index in [9.17, 15) is 13.2 Å². The zero-order valence-corrected chi connectivity index (χ0v) is 24.8. The Morgan fingerprint density at radius 1 is 1.00 bits per heavy atom. The first-order valence-electron chi connectivity index (χ1n) is 13.2. The minimum atomic E-state index is -3.75. The van der Waals surface area contributed by atoms with Gasteiger partial charge in [0.1, 0.15) is 12.4 Å². The molecule has 3 aromatic rings. The molecule has 0 saturated carbocycles. The van der Waals surface area contributed by atoms with Crippen molar-refractivity contribution >= 4 is 15.9 Å². The molecule has 1 amide bonds. The van der Waals surface area contributed by atoms with Crippen LogP contribution < -0.4 is 4.74 Å². The molecule has 39 heavy (non-hydrogen) atoms. The number of fused-ring (bicyclic) bond motifs is 1. The van der Waals surface area contributed by atoms with Crippen LogP contribution in [0.4, 0.5) is 0 Å². The Kier molecular flexibility index (Phi) is 8.54. The van der Waals surface area contributed by atoms with E-state index in [0.29, 0.717) is 23.4 Å². The number of benzene rings is 2. The predicted molar refractivity (Wildman–Crippen MR) is 152 cm³/mol. The summed E-state index contributed by atoms with van der Waals surface area (Å²) in [5, 5.41) is 0. The van der Waals surface area contributed by atoms with E-state index in [2.05, 4.69) is 42.7 Å². The molecule has 9 heteroatoms. The van der Waals surface area contributed by atoms with E-state index < -0.39 is 10.0 Å². The number of aryl methyl sites for hydroxylation is 3. The number of nitrogens with zero attached hydrogens (tertiary/aromatic N) is 3. The van der Waals surface area contributed by atoms with Crippen molar-refractivity contribution in [1.82, 2.24) is 13.8 Å². The molecule has 0 aliphatic carbocycles. The van der Waals surface area contributed by atoms with Gasteiger partial charge in [-0.2, -0.15) is 4.31 Å². The minimum Gasteiger partial charge on any atom is -0.496 e. The van der Waals surface area contributed by atoms with Gasteiger partial charge in [0.2, 0.25) is 15.9 Å². The monoisotopic (exact) mass is 553 g/mol. The largest absolute Gasteiger partial charge is 0.496 e. The van der Waals surface area contributed by atoms with E-state index in [1.165, 1.54) is 22.5 Å². The average Bonchev–Trinajstić information content (AvgIpc) is 3.38. The van der Waals surface area contributed by atoms with E-state index in [-0.39, 0.29) is 36.6 Å². The molecule has 1 atom stereocenters. The summed E-state index contributed by atoms with van der Waals surface area (Å²) in [6.45, 7) is 11.0. The van der Waals surface area contributed by atoms with Crippen LogP contribution in [0.1, 0.15) is 45.1 Å². The third-order valence-corrected chi connectivity index (χ3v) is 10.00. The van der Waals surface area contributed by atoms with Gasteiger partial charge in [-0.1, -0.05) is 18.2 Å². The Morgan fingerprint density at radius 2 is 1.74 bits per heavy atom. The summed E-state index contributed by atoms with van der Waals surface area (Å²) in [7, 11) is -0.639. The number of methoxy groups -OCH3 is 1. The molecule has 0 radical (unpaired) electrons. The zero-order chi connectivity index (χ0) is 28.5. The van der Waals surface area contributed by atoms with E-state index in [1.54, 1.807) is 27.0 Å². The topological polar surface area (TPSA) is 81.1 Å². The second-order valence-electron chi connectivity index (χ2n) is 10.3.